The van der Waals surface area contributed by atoms with E-state index in [1.807, 2.05) is 18.2 Å². The first-order valence-corrected chi connectivity index (χ1v) is 10.4. The molecular weight excluding hydrogens is 408 g/mol. The van der Waals surface area contributed by atoms with E-state index in [1.165, 1.54) is 4.90 Å². The number of rotatable bonds is 4. The number of hydrogen-bond donors (Lipinski definition) is 4. The van der Waals surface area contributed by atoms with Gasteiger partial charge in [-0.05, 0) is 41.8 Å². The van der Waals surface area contributed by atoms with Crippen molar-refractivity contribution in [2.75, 3.05) is 13.1 Å². The second-order valence-electron chi connectivity index (χ2n) is 7.97. The highest BCUT2D eigenvalue weighted by molar-refractivity contribution is 5.94. The Morgan fingerprint density at radius 2 is 1.97 bits per heavy atom. The van der Waals surface area contributed by atoms with Crippen molar-refractivity contribution in [3.8, 4) is 28.1 Å². The summed E-state index contributed by atoms with van der Waals surface area (Å²) in [7, 11) is 0. The number of carbonyl (C=O) groups is 1. The van der Waals surface area contributed by atoms with Gasteiger partial charge in [0.15, 0.2) is 11.8 Å². The molecule has 0 spiro atoms. The number of phenolic OH excluding ortho intramolecular Hbond substituents is 1. The smallest absolute Gasteiger partial charge is 0.256 e. The van der Waals surface area contributed by atoms with Crippen molar-refractivity contribution in [1.29, 1.82) is 0 Å². The molecule has 0 radical (unpaired) electrons. The number of amides is 1. The highest BCUT2D eigenvalue weighted by Gasteiger charge is 2.29. The van der Waals surface area contributed by atoms with Gasteiger partial charge in [0.2, 0.25) is 0 Å². The van der Waals surface area contributed by atoms with Crippen LogP contribution in [0.4, 0.5) is 0 Å². The molecule has 2 atom stereocenters. The van der Waals surface area contributed by atoms with Crippen LogP contribution in [0.5, 0.6) is 5.75 Å². The third-order valence-corrected chi connectivity index (χ3v) is 5.83. The molecule has 1 aliphatic heterocycles. The van der Waals surface area contributed by atoms with Gasteiger partial charge in [0.25, 0.3) is 5.91 Å². The molecule has 0 saturated carbocycles. The quantitative estimate of drug-likeness (QED) is 0.395. The van der Waals surface area contributed by atoms with E-state index in [1.54, 1.807) is 42.6 Å². The van der Waals surface area contributed by atoms with Gasteiger partial charge in [0.1, 0.15) is 5.75 Å². The van der Waals surface area contributed by atoms with Crippen LogP contribution in [0.1, 0.15) is 18.1 Å². The van der Waals surface area contributed by atoms with Gasteiger partial charge in [-0.15, -0.1) is 0 Å². The SMILES string of the molecule is O=C(C(O)c1cccc(-c2cnc3n[nH]c(-c4ccccc4O)c3c2)c1)N1CCC(O)C1. The van der Waals surface area contributed by atoms with Gasteiger partial charge in [-0.2, -0.15) is 5.10 Å². The van der Waals surface area contributed by atoms with Crippen molar-refractivity contribution in [3.63, 3.8) is 0 Å². The summed E-state index contributed by atoms with van der Waals surface area (Å²) in [5.41, 5.74) is 3.85. The van der Waals surface area contributed by atoms with Crippen LogP contribution in [0.15, 0.2) is 60.8 Å². The number of H-pyrrole nitrogens is 1. The van der Waals surface area contributed by atoms with Crippen LogP contribution in [0.3, 0.4) is 0 Å². The zero-order chi connectivity index (χ0) is 22.2. The Morgan fingerprint density at radius 3 is 2.75 bits per heavy atom. The van der Waals surface area contributed by atoms with Gasteiger partial charge in [-0.3, -0.25) is 9.89 Å². The molecule has 0 bridgehead atoms. The first-order chi connectivity index (χ1) is 15.5. The highest BCUT2D eigenvalue weighted by Crippen LogP contribution is 2.34. The second-order valence-corrected chi connectivity index (χ2v) is 7.97. The number of β-amino-alcohol motifs (C(OH)–C–C–N with tert-alkyl or cyclic N) is 1. The van der Waals surface area contributed by atoms with E-state index in [9.17, 15) is 20.1 Å². The van der Waals surface area contributed by atoms with Crippen LogP contribution in [0, 0.1) is 0 Å². The first-order valence-electron chi connectivity index (χ1n) is 10.4. The number of aromatic amines is 1. The summed E-state index contributed by atoms with van der Waals surface area (Å²) in [4.78, 5) is 18.5. The number of fused-ring (bicyclic) bond motifs is 1. The van der Waals surface area contributed by atoms with Gasteiger partial charge in [0, 0.05) is 35.8 Å². The van der Waals surface area contributed by atoms with Crippen LogP contribution in [0.2, 0.25) is 0 Å². The van der Waals surface area contributed by atoms with Crippen molar-refractivity contribution < 1.29 is 20.1 Å². The molecule has 0 aliphatic carbocycles. The molecule has 1 amide bonds. The Morgan fingerprint density at radius 1 is 1.12 bits per heavy atom. The molecule has 2 aromatic carbocycles. The summed E-state index contributed by atoms with van der Waals surface area (Å²) in [5, 5.41) is 38.5. The van der Waals surface area contributed by atoms with E-state index in [0.29, 0.717) is 35.4 Å². The normalized spacial score (nSPS) is 17.1. The number of likely N-dealkylation sites (tertiary alicyclic amines) is 1. The van der Waals surface area contributed by atoms with Crippen molar-refractivity contribution in [1.82, 2.24) is 20.1 Å². The fraction of sp³-hybridized carbons (Fsp3) is 0.208. The average molecular weight is 430 g/mol. The number of carbonyl (C=O) groups excluding carboxylic acids is 1. The standard InChI is InChI=1S/C24H22N4O4/c29-17-8-9-28(13-17)24(32)22(31)15-5-3-4-14(10-15)16-11-19-21(26-27-23(19)25-12-16)18-6-1-2-7-20(18)30/h1-7,10-12,17,22,29-31H,8-9,13H2,(H,25,26,27). The Bertz CT molecular complexity index is 1300. The van der Waals surface area contributed by atoms with E-state index in [0.717, 1.165) is 16.5 Å². The van der Waals surface area contributed by atoms with Crippen LogP contribution >= 0.6 is 0 Å². The second kappa shape index (κ2) is 8.07. The van der Waals surface area contributed by atoms with Crippen LogP contribution in [-0.4, -0.2) is 60.5 Å². The predicted octanol–water partition coefficient (Wildman–Crippen LogP) is 2.62. The maximum Gasteiger partial charge on any atom is 0.256 e. The molecule has 2 unspecified atom stereocenters. The van der Waals surface area contributed by atoms with E-state index >= 15 is 0 Å². The molecule has 8 nitrogen and oxygen atoms in total. The van der Waals surface area contributed by atoms with Crippen LogP contribution < -0.4 is 0 Å². The topological polar surface area (TPSA) is 123 Å². The first kappa shape index (κ1) is 20.2. The summed E-state index contributed by atoms with van der Waals surface area (Å²) >= 11 is 0. The minimum absolute atomic E-state index is 0.138. The highest BCUT2D eigenvalue weighted by atomic mass is 16.3. The van der Waals surface area contributed by atoms with E-state index < -0.39 is 18.1 Å². The summed E-state index contributed by atoms with van der Waals surface area (Å²) in [6.45, 7) is 0.679. The number of benzene rings is 2. The van der Waals surface area contributed by atoms with Crippen molar-refractivity contribution in [3.05, 3.63) is 66.4 Å². The lowest BCUT2D eigenvalue weighted by molar-refractivity contribution is -0.139. The number of phenols is 1. The Balaban J connectivity index is 1.49. The lowest BCUT2D eigenvalue weighted by atomic mass is 9.99. The van der Waals surface area contributed by atoms with Gasteiger partial charge >= 0.3 is 0 Å². The van der Waals surface area contributed by atoms with Gasteiger partial charge in [0.05, 0.1) is 11.8 Å². The molecule has 4 N–H and O–H groups in total. The van der Waals surface area contributed by atoms with Gasteiger partial charge in [-0.1, -0.05) is 30.3 Å². The number of nitrogens with zero attached hydrogens (tertiary/aromatic N) is 3. The van der Waals surface area contributed by atoms with Crippen LogP contribution in [0.25, 0.3) is 33.4 Å². The molecule has 4 aromatic rings. The lowest BCUT2D eigenvalue weighted by Gasteiger charge is -2.20. The maximum absolute atomic E-state index is 12.6. The number of hydrogen-bond acceptors (Lipinski definition) is 6. The number of aliphatic hydroxyl groups is 2. The lowest BCUT2D eigenvalue weighted by Crippen LogP contribution is -2.33. The van der Waals surface area contributed by atoms with E-state index in [4.69, 9.17) is 0 Å². The van der Waals surface area contributed by atoms with Crippen molar-refractivity contribution >= 4 is 16.9 Å². The zero-order valence-corrected chi connectivity index (χ0v) is 17.1. The van der Waals surface area contributed by atoms with E-state index in [2.05, 4.69) is 15.2 Å². The number of pyridine rings is 1. The number of aliphatic hydroxyl groups excluding tert-OH is 2. The zero-order valence-electron chi connectivity index (χ0n) is 17.1. The number of aromatic nitrogens is 3. The van der Waals surface area contributed by atoms with E-state index in [-0.39, 0.29) is 12.3 Å². The molecule has 8 heteroatoms. The molecule has 2 aromatic heterocycles. The molecule has 1 fully saturated rings. The third kappa shape index (κ3) is 3.59. The third-order valence-electron chi connectivity index (χ3n) is 5.83. The Labute approximate surface area is 183 Å². The number of nitrogens with one attached hydrogen (secondary N) is 1. The molecule has 1 saturated heterocycles. The molecule has 162 valence electrons. The summed E-state index contributed by atoms with van der Waals surface area (Å²) in [6, 6.07) is 16.0. The summed E-state index contributed by atoms with van der Waals surface area (Å²) in [5.74, 6) is -0.275. The molecule has 1 aliphatic rings. The summed E-state index contributed by atoms with van der Waals surface area (Å²) < 4.78 is 0. The number of para-hydroxylation sites is 1. The fourth-order valence-electron chi connectivity index (χ4n) is 4.09. The largest absolute Gasteiger partial charge is 0.507 e. The molecular formula is C24H22N4O4. The van der Waals surface area contributed by atoms with Crippen LogP contribution in [-0.2, 0) is 4.79 Å². The Kier molecular flexibility index (Phi) is 5.08. The Hall–Kier alpha value is -3.75. The minimum atomic E-state index is -1.30. The van der Waals surface area contributed by atoms with Gasteiger partial charge in [-0.25, -0.2) is 4.98 Å². The molecule has 32 heavy (non-hydrogen) atoms. The van der Waals surface area contributed by atoms with Crippen molar-refractivity contribution in [2.45, 2.75) is 18.6 Å². The number of aromatic hydroxyl groups is 1. The maximum atomic E-state index is 12.6. The monoisotopic (exact) mass is 430 g/mol. The predicted molar refractivity (Wildman–Crippen MR) is 119 cm³/mol. The fourth-order valence-corrected chi connectivity index (χ4v) is 4.09. The molecule has 3 heterocycles. The summed E-state index contributed by atoms with van der Waals surface area (Å²) in [6.07, 6.45) is 0.363. The minimum Gasteiger partial charge on any atom is -0.507 e. The van der Waals surface area contributed by atoms with Gasteiger partial charge < -0.3 is 20.2 Å². The average Bonchev–Trinajstić information content (AvgIpc) is 3.44. The molecule has 5 rings (SSSR count). The van der Waals surface area contributed by atoms with Crippen molar-refractivity contribution in [2.24, 2.45) is 0 Å².